The summed E-state index contributed by atoms with van der Waals surface area (Å²) < 4.78 is 12.6. The SMILES string of the molecule is COc1ccc(-c2nn(CN3CCC([C@@H](O)c4ccccc4)CC3)c(=S)o2)cc1. The molecule has 1 N–H and O–H groups in total. The maximum atomic E-state index is 10.7. The Morgan fingerprint density at radius 1 is 1.14 bits per heavy atom. The van der Waals surface area contributed by atoms with Crippen molar-refractivity contribution in [3.63, 3.8) is 0 Å². The molecule has 4 rings (SSSR count). The van der Waals surface area contributed by atoms with Gasteiger partial charge in [-0.2, -0.15) is 0 Å². The summed E-state index contributed by atoms with van der Waals surface area (Å²) in [6, 6.07) is 17.5. The van der Waals surface area contributed by atoms with E-state index in [1.54, 1.807) is 11.8 Å². The third kappa shape index (κ3) is 4.58. The van der Waals surface area contributed by atoms with Crippen molar-refractivity contribution in [2.75, 3.05) is 20.2 Å². The molecule has 1 saturated heterocycles. The quantitative estimate of drug-likeness (QED) is 0.611. The van der Waals surface area contributed by atoms with Crippen molar-refractivity contribution in [3.8, 4) is 17.2 Å². The second-order valence-corrected chi connectivity index (χ2v) is 7.70. The van der Waals surface area contributed by atoms with Crippen LogP contribution in [-0.2, 0) is 6.67 Å². The lowest BCUT2D eigenvalue weighted by molar-refractivity contribution is 0.0476. The first-order valence-electron chi connectivity index (χ1n) is 9.82. The highest BCUT2D eigenvalue weighted by Crippen LogP contribution is 2.31. The number of ether oxygens (including phenoxy) is 1. The number of hydrogen-bond donors (Lipinski definition) is 1. The lowest BCUT2D eigenvalue weighted by Crippen LogP contribution is -2.37. The predicted molar refractivity (Wildman–Crippen MR) is 113 cm³/mol. The molecule has 3 aromatic rings. The van der Waals surface area contributed by atoms with Gasteiger partial charge in [0.2, 0.25) is 5.89 Å². The Bertz CT molecular complexity index is 977. The molecule has 2 heterocycles. The van der Waals surface area contributed by atoms with E-state index >= 15 is 0 Å². The van der Waals surface area contributed by atoms with Crippen molar-refractivity contribution in [2.24, 2.45) is 5.92 Å². The van der Waals surface area contributed by atoms with E-state index in [0.29, 0.717) is 17.4 Å². The van der Waals surface area contributed by atoms with E-state index in [9.17, 15) is 5.11 Å². The molecule has 6 nitrogen and oxygen atoms in total. The van der Waals surface area contributed by atoms with Crippen LogP contribution < -0.4 is 4.74 Å². The van der Waals surface area contributed by atoms with Gasteiger partial charge in [0.1, 0.15) is 5.75 Å². The molecule has 2 aromatic carbocycles. The summed E-state index contributed by atoms with van der Waals surface area (Å²) in [6.07, 6.45) is 1.47. The lowest BCUT2D eigenvalue weighted by atomic mass is 9.87. The second-order valence-electron chi connectivity index (χ2n) is 7.35. The highest BCUT2D eigenvalue weighted by Gasteiger charge is 2.26. The molecule has 0 radical (unpaired) electrons. The molecule has 0 unspecified atom stereocenters. The van der Waals surface area contributed by atoms with Gasteiger partial charge in [-0.15, -0.1) is 5.10 Å². The molecule has 0 saturated carbocycles. The summed E-state index contributed by atoms with van der Waals surface area (Å²) in [6.45, 7) is 2.37. The third-order valence-corrected chi connectivity index (χ3v) is 5.79. The summed E-state index contributed by atoms with van der Waals surface area (Å²) in [7, 11) is 1.64. The van der Waals surface area contributed by atoms with Crippen LogP contribution in [0.3, 0.4) is 0 Å². The van der Waals surface area contributed by atoms with Crippen LogP contribution >= 0.6 is 12.2 Å². The molecule has 0 amide bonds. The van der Waals surface area contributed by atoms with Crippen LogP contribution in [0.1, 0.15) is 24.5 Å². The summed E-state index contributed by atoms with van der Waals surface area (Å²) in [4.78, 5) is 2.66. The Balaban J connectivity index is 1.37. The molecule has 29 heavy (non-hydrogen) atoms. The van der Waals surface area contributed by atoms with Gasteiger partial charge in [-0.3, -0.25) is 4.90 Å². The van der Waals surface area contributed by atoms with E-state index in [1.165, 1.54) is 0 Å². The summed E-state index contributed by atoms with van der Waals surface area (Å²) >= 11 is 5.36. The van der Waals surface area contributed by atoms with Crippen LogP contribution in [0.4, 0.5) is 0 Å². The van der Waals surface area contributed by atoms with Gasteiger partial charge >= 0.3 is 0 Å². The molecule has 1 atom stereocenters. The number of aliphatic hydroxyl groups is 1. The number of hydrogen-bond acceptors (Lipinski definition) is 6. The normalized spacial score (nSPS) is 16.6. The Hall–Kier alpha value is -2.48. The van der Waals surface area contributed by atoms with E-state index in [4.69, 9.17) is 21.4 Å². The monoisotopic (exact) mass is 411 g/mol. The zero-order chi connectivity index (χ0) is 20.2. The fourth-order valence-electron chi connectivity index (χ4n) is 3.77. The van der Waals surface area contributed by atoms with E-state index in [0.717, 1.165) is 42.8 Å². The fraction of sp³-hybridized carbons (Fsp3) is 0.364. The number of methoxy groups -OCH3 is 1. The molecule has 1 aliphatic rings. The first-order valence-corrected chi connectivity index (χ1v) is 10.2. The van der Waals surface area contributed by atoms with Gasteiger partial charge < -0.3 is 14.3 Å². The minimum Gasteiger partial charge on any atom is -0.497 e. The number of rotatable bonds is 6. The molecule has 1 aliphatic heterocycles. The maximum absolute atomic E-state index is 10.7. The van der Waals surface area contributed by atoms with Gasteiger partial charge in [-0.05, 0) is 60.8 Å². The number of likely N-dealkylation sites (tertiary alicyclic amines) is 1. The zero-order valence-corrected chi connectivity index (χ0v) is 17.2. The minimum atomic E-state index is -0.408. The standard InChI is InChI=1S/C22H25N3O3S/c1-27-19-9-7-18(8-10-19)21-23-25(22(29)28-21)15-24-13-11-17(12-14-24)20(26)16-5-3-2-4-6-16/h2-10,17,20,26H,11-15H2,1H3/t20-/m0/s1. The van der Waals surface area contributed by atoms with Crippen LogP contribution in [0.2, 0.25) is 0 Å². The number of aromatic nitrogens is 2. The maximum Gasteiger partial charge on any atom is 0.288 e. The fourth-order valence-corrected chi connectivity index (χ4v) is 3.95. The summed E-state index contributed by atoms with van der Waals surface area (Å²) in [5.41, 5.74) is 1.86. The average Bonchev–Trinajstić information content (AvgIpc) is 3.14. The minimum absolute atomic E-state index is 0.272. The Kier molecular flexibility index (Phi) is 6.08. The van der Waals surface area contributed by atoms with Crippen LogP contribution in [0.25, 0.3) is 11.5 Å². The number of aliphatic hydroxyl groups excluding tert-OH is 1. The zero-order valence-electron chi connectivity index (χ0n) is 16.4. The largest absolute Gasteiger partial charge is 0.497 e. The van der Waals surface area contributed by atoms with Gasteiger partial charge in [0, 0.05) is 18.7 Å². The van der Waals surface area contributed by atoms with Crippen LogP contribution in [0.5, 0.6) is 5.75 Å². The van der Waals surface area contributed by atoms with Crippen molar-refractivity contribution in [1.82, 2.24) is 14.7 Å². The molecule has 7 heteroatoms. The Morgan fingerprint density at radius 2 is 1.83 bits per heavy atom. The van der Waals surface area contributed by atoms with Gasteiger partial charge in [0.25, 0.3) is 4.84 Å². The van der Waals surface area contributed by atoms with Crippen LogP contribution in [-0.4, -0.2) is 40.0 Å². The van der Waals surface area contributed by atoms with Gasteiger partial charge in [0.05, 0.1) is 19.9 Å². The topological polar surface area (TPSA) is 63.7 Å². The van der Waals surface area contributed by atoms with E-state index < -0.39 is 6.10 Å². The average molecular weight is 412 g/mol. The number of nitrogens with zero attached hydrogens (tertiary/aromatic N) is 3. The summed E-state index contributed by atoms with van der Waals surface area (Å²) in [5.74, 6) is 1.56. The van der Waals surface area contributed by atoms with Gasteiger partial charge in [-0.25, -0.2) is 4.68 Å². The summed E-state index contributed by atoms with van der Waals surface area (Å²) in [5, 5.41) is 15.2. The molecule has 0 bridgehead atoms. The number of piperidine rings is 1. The molecule has 152 valence electrons. The third-order valence-electron chi connectivity index (χ3n) is 5.50. The van der Waals surface area contributed by atoms with Crippen LogP contribution in [0, 0.1) is 10.8 Å². The highest BCUT2D eigenvalue weighted by atomic mass is 32.1. The highest BCUT2D eigenvalue weighted by molar-refractivity contribution is 7.71. The Labute approximate surface area is 175 Å². The lowest BCUT2D eigenvalue weighted by Gasteiger charge is -2.34. The van der Waals surface area contributed by atoms with Crippen LogP contribution in [0.15, 0.2) is 59.0 Å². The van der Waals surface area contributed by atoms with Gasteiger partial charge in [0.15, 0.2) is 0 Å². The van der Waals surface area contributed by atoms with Gasteiger partial charge in [-0.1, -0.05) is 30.3 Å². The van der Waals surface area contributed by atoms with Crippen molar-refractivity contribution >= 4 is 12.2 Å². The molecule has 1 fully saturated rings. The molecule has 0 aliphatic carbocycles. The van der Waals surface area contributed by atoms with E-state index in [-0.39, 0.29) is 5.92 Å². The first kappa shape index (κ1) is 19.8. The Morgan fingerprint density at radius 3 is 2.48 bits per heavy atom. The van der Waals surface area contributed by atoms with E-state index in [2.05, 4.69) is 10.00 Å². The first-order chi connectivity index (χ1) is 14.1. The van der Waals surface area contributed by atoms with E-state index in [1.807, 2.05) is 54.6 Å². The van der Waals surface area contributed by atoms with Crippen molar-refractivity contribution in [3.05, 3.63) is 65.0 Å². The molecular formula is C22H25N3O3S. The smallest absolute Gasteiger partial charge is 0.288 e. The molecular weight excluding hydrogens is 386 g/mol. The molecule has 0 spiro atoms. The number of benzene rings is 2. The molecule has 1 aromatic heterocycles. The predicted octanol–water partition coefficient (Wildman–Crippen LogP) is 4.28. The van der Waals surface area contributed by atoms with Crippen molar-refractivity contribution in [2.45, 2.75) is 25.6 Å². The van der Waals surface area contributed by atoms with Crippen molar-refractivity contribution in [1.29, 1.82) is 0 Å². The van der Waals surface area contributed by atoms with Crippen molar-refractivity contribution < 1.29 is 14.3 Å². The second kappa shape index (κ2) is 8.90.